The molecule has 1 aliphatic heterocycles. The monoisotopic (exact) mass is 329 g/mol. The molecule has 0 aliphatic carbocycles. The van der Waals surface area contributed by atoms with Gasteiger partial charge in [0.05, 0.1) is 13.2 Å². The lowest BCUT2D eigenvalue weighted by atomic mass is 10.0. The van der Waals surface area contributed by atoms with Crippen LogP contribution in [0.3, 0.4) is 0 Å². The van der Waals surface area contributed by atoms with Crippen molar-refractivity contribution >= 4 is 33.5 Å². The quantitative estimate of drug-likeness (QED) is 0.424. The molecule has 0 bridgehead atoms. The van der Waals surface area contributed by atoms with Gasteiger partial charge in [-0.3, -0.25) is 4.79 Å². The minimum atomic E-state index is -2.13. The normalized spacial score (nSPS) is 28.4. The third-order valence-corrected chi connectivity index (χ3v) is 4.57. The Morgan fingerprint density at radius 1 is 1.59 bits per heavy atom. The first-order valence-corrected chi connectivity index (χ1v) is 7.25. The Morgan fingerprint density at radius 2 is 2.32 bits per heavy atom. The number of hydrogen-bond acceptors (Lipinski definition) is 10. The first kappa shape index (κ1) is 15.1. The van der Waals surface area contributed by atoms with Crippen molar-refractivity contribution in [2.24, 2.45) is 0 Å². The van der Waals surface area contributed by atoms with Crippen LogP contribution in [0.5, 0.6) is 0 Å². The summed E-state index contributed by atoms with van der Waals surface area (Å²) in [6.45, 7) is -0.790. The van der Waals surface area contributed by atoms with Crippen molar-refractivity contribution in [3.8, 4) is 0 Å². The Morgan fingerprint density at radius 3 is 2.95 bits per heavy atom. The molecule has 0 amide bonds. The predicted molar refractivity (Wildman–Crippen MR) is 78.7 cm³/mol. The number of nitrogen functional groups attached to an aromatic ring is 1. The molecular formula is C11H15N5O5S. The van der Waals surface area contributed by atoms with Gasteiger partial charge in [0, 0.05) is 7.05 Å². The van der Waals surface area contributed by atoms with E-state index in [1.165, 1.54) is 0 Å². The van der Waals surface area contributed by atoms with Gasteiger partial charge in [-0.15, -0.1) is 0 Å². The molecule has 3 atom stereocenters. The Hall–Kier alpha value is -1.79. The van der Waals surface area contributed by atoms with Crippen molar-refractivity contribution in [3.63, 3.8) is 0 Å². The third-order valence-electron chi connectivity index (χ3n) is 3.63. The maximum Gasteiger partial charge on any atom is 0.312 e. The van der Waals surface area contributed by atoms with Gasteiger partial charge in [0.2, 0.25) is 11.7 Å². The maximum absolute atomic E-state index is 12.4. The average molecular weight is 329 g/mol. The Kier molecular flexibility index (Phi) is 3.53. The molecule has 0 aromatic carbocycles. The highest BCUT2D eigenvalue weighted by atomic mass is 32.1. The lowest BCUT2D eigenvalue weighted by molar-refractivity contribution is -0.149. The molecule has 6 N–H and O–H groups in total. The van der Waals surface area contributed by atoms with E-state index in [1.807, 2.05) is 0 Å². The predicted octanol–water partition coefficient (Wildman–Crippen LogP) is -2.13. The summed E-state index contributed by atoms with van der Waals surface area (Å²) in [7, 11) is 1.61. The molecule has 3 heterocycles. The van der Waals surface area contributed by atoms with Crippen LogP contribution in [0.2, 0.25) is 0 Å². The van der Waals surface area contributed by atoms with Crippen LogP contribution in [0, 0.1) is 0 Å². The van der Waals surface area contributed by atoms with E-state index >= 15 is 0 Å². The van der Waals surface area contributed by atoms with Gasteiger partial charge in [-0.05, 0) is 0 Å². The van der Waals surface area contributed by atoms with E-state index < -0.39 is 29.4 Å². The van der Waals surface area contributed by atoms with Crippen molar-refractivity contribution < 1.29 is 20.1 Å². The highest BCUT2D eigenvalue weighted by Crippen LogP contribution is 2.35. The van der Waals surface area contributed by atoms with Crippen molar-refractivity contribution in [1.82, 2.24) is 14.5 Å². The number of ether oxygens (including phenoxy) is 1. The largest absolute Gasteiger partial charge is 0.393 e. The second kappa shape index (κ2) is 5.14. The van der Waals surface area contributed by atoms with Gasteiger partial charge < -0.3 is 31.1 Å². The van der Waals surface area contributed by atoms with Crippen molar-refractivity contribution in [2.45, 2.75) is 17.9 Å². The lowest BCUT2D eigenvalue weighted by Crippen LogP contribution is -2.53. The summed E-state index contributed by atoms with van der Waals surface area (Å²) in [6, 6.07) is 0. The summed E-state index contributed by atoms with van der Waals surface area (Å²) in [5, 5.41) is 33.0. The van der Waals surface area contributed by atoms with Crippen LogP contribution in [-0.4, -0.2) is 62.3 Å². The summed E-state index contributed by atoms with van der Waals surface area (Å²) < 4.78 is 6.44. The third kappa shape index (κ3) is 1.90. The van der Waals surface area contributed by atoms with E-state index in [-0.39, 0.29) is 18.2 Å². The molecule has 120 valence electrons. The summed E-state index contributed by atoms with van der Waals surface area (Å²) in [5.41, 5.74) is 3.56. The maximum atomic E-state index is 12.4. The van der Waals surface area contributed by atoms with Gasteiger partial charge in [0.15, 0.2) is 11.5 Å². The van der Waals surface area contributed by atoms with E-state index in [1.54, 1.807) is 7.05 Å². The van der Waals surface area contributed by atoms with Gasteiger partial charge in [-0.1, -0.05) is 11.3 Å². The molecule has 11 heteroatoms. The van der Waals surface area contributed by atoms with Crippen LogP contribution in [0.15, 0.2) is 4.79 Å². The molecule has 0 radical (unpaired) electrons. The zero-order valence-electron chi connectivity index (χ0n) is 11.6. The van der Waals surface area contributed by atoms with E-state index in [4.69, 9.17) is 10.5 Å². The van der Waals surface area contributed by atoms with E-state index in [2.05, 4.69) is 15.3 Å². The molecule has 22 heavy (non-hydrogen) atoms. The fourth-order valence-electron chi connectivity index (χ4n) is 2.55. The van der Waals surface area contributed by atoms with Crippen LogP contribution in [0.1, 0.15) is 0 Å². The number of aliphatic hydroxyl groups excluding tert-OH is 2. The molecule has 0 saturated carbocycles. The molecule has 2 aromatic heterocycles. The van der Waals surface area contributed by atoms with Crippen LogP contribution in [-0.2, 0) is 10.5 Å². The topological polar surface area (TPSA) is 156 Å². The standard InChI is InChI=1S/C11H15N5O5S/c1-13-7-6-8(15-9(12)14-7)16(10(19)22-6)11(20)4(18)3-21-5(11)2-17/h4-5,17-18,20H,2-3H2,1H3,(H3,12,13,14,15)/t4-,5+,11+/m0/s1. The van der Waals surface area contributed by atoms with E-state index in [0.717, 1.165) is 15.9 Å². The lowest BCUT2D eigenvalue weighted by Gasteiger charge is -2.30. The number of aliphatic hydroxyl groups is 3. The first-order valence-electron chi connectivity index (χ1n) is 6.43. The summed E-state index contributed by atoms with van der Waals surface area (Å²) in [4.78, 5) is 19.7. The fourth-order valence-corrected chi connectivity index (χ4v) is 3.52. The highest BCUT2D eigenvalue weighted by molar-refractivity contribution is 7.17. The number of anilines is 2. The molecule has 2 aromatic rings. The minimum Gasteiger partial charge on any atom is -0.393 e. The average Bonchev–Trinajstić information content (AvgIpc) is 2.96. The number of rotatable bonds is 3. The number of nitrogens with one attached hydrogen (secondary N) is 1. The zero-order valence-corrected chi connectivity index (χ0v) is 12.4. The SMILES string of the molecule is CNc1nc(N)nc2c1sc(=O)n2[C@@]1(O)[C@@H](O)CO[C@@H]1CO. The van der Waals surface area contributed by atoms with Crippen molar-refractivity contribution in [1.29, 1.82) is 0 Å². The number of aromatic nitrogens is 3. The van der Waals surface area contributed by atoms with Gasteiger partial charge >= 0.3 is 4.87 Å². The Labute approximate surface area is 127 Å². The molecule has 0 spiro atoms. The molecular weight excluding hydrogens is 314 g/mol. The van der Waals surface area contributed by atoms with Crippen LogP contribution >= 0.6 is 11.3 Å². The smallest absolute Gasteiger partial charge is 0.312 e. The number of hydrogen-bond donors (Lipinski definition) is 5. The molecule has 0 unspecified atom stereocenters. The van der Waals surface area contributed by atoms with Crippen LogP contribution < -0.4 is 15.9 Å². The summed E-state index contributed by atoms with van der Waals surface area (Å²) in [5.74, 6) is 0.238. The Balaban J connectivity index is 2.34. The van der Waals surface area contributed by atoms with Crippen molar-refractivity contribution in [3.05, 3.63) is 9.67 Å². The molecule has 1 saturated heterocycles. The van der Waals surface area contributed by atoms with Gasteiger partial charge in [-0.2, -0.15) is 9.97 Å². The number of thiazole rings is 1. The highest BCUT2D eigenvalue weighted by Gasteiger charge is 2.53. The van der Waals surface area contributed by atoms with Gasteiger partial charge in [-0.25, -0.2) is 4.57 Å². The first-order chi connectivity index (χ1) is 10.4. The van der Waals surface area contributed by atoms with E-state index in [9.17, 15) is 20.1 Å². The minimum absolute atomic E-state index is 0.0670. The van der Waals surface area contributed by atoms with Crippen LogP contribution in [0.25, 0.3) is 10.3 Å². The Bertz CT molecular complexity index is 776. The number of nitrogens with zero attached hydrogens (tertiary/aromatic N) is 3. The summed E-state index contributed by atoms with van der Waals surface area (Å²) >= 11 is 0.795. The molecule has 1 fully saturated rings. The second-order valence-electron chi connectivity index (χ2n) is 4.84. The number of fused-ring (bicyclic) bond motifs is 1. The molecule has 3 rings (SSSR count). The second-order valence-corrected chi connectivity index (χ2v) is 5.80. The van der Waals surface area contributed by atoms with Crippen LogP contribution in [0.4, 0.5) is 11.8 Å². The molecule has 10 nitrogen and oxygen atoms in total. The van der Waals surface area contributed by atoms with Crippen molar-refractivity contribution in [2.75, 3.05) is 31.3 Å². The summed E-state index contributed by atoms with van der Waals surface area (Å²) in [6.07, 6.45) is -2.55. The van der Waals surface area contributed by atoms with E-state index in [0.29, 0.717) is 10.5 Å². The number of nitrogens with two attached hydrogens (primary N) is 1. The van der Waals surface area contributed by atoms with Gasteiger partial charge in [0.1, 0.15) is 16.9 Å². The molecule has 1 aliphatic rings. The fraction of sp³-hybridized carbons (Fsp3) is 0.545. The zero-order chi connectivity index (χ0) is 16.1. The van der Waals surface area contributed by atoms with Gasteiger partial charge in [0.25, 0.3) is 0 Å².